The summed E-state index contributed by atoms with van der Waals surface area (Å²) in [5, 5.41) is 2.38. The van der Waals surface area contributed by atoms with Crippen molar-refractivity contribution >= 4 is 27.7 Å². The van der Waals surface area contributed by atoms with Crippen molar-refractivity contribution in [2.75, 3.05) is 5.32 Å². The molecular formula is C13H9BrF2N2O. The lowest BCUT2D eigenvalue weighted by Gasteiger charge is -2.08. The molecule has 0 aliphatic rings. The predicted molar refractivity (Wildman–Crippen MR) is 71.0 cm³/mol. The van der Waals surface area contributed by atoms with Crippen molar-refractivity contribution in [3.05, 3.63) is 57.7 Å². The second-order valence-electron chi connectivity index (χ2n) is 3.87. The van der Waals surface area contributed by atoms with Crippen LogP contribution in [0.3, 0.4) is 0 Å². The fourth-order valence-electron chi connectivity index (χ4n) is 1.56. The van der Waals surface area contributed by atoms with E-state index < -0.39 is 23.1 Å². The lowest BCUT2D eigenvalue weighted by Crippen LogP contribution is -2.17. The molecule has 1 aromatic heterocycles. The second kappa shape index (κ2) is 5.44. The van der Waals surface area contributed by atoms with Crippen LogP contribution < -0.4 is 5.32 Å². The number of rotatable bonds is 2. The molecule has 1 aromatic carbocycles. The van der Waals surface area contributed by atoms with E-state index in [-0.39, 0.29) is 5.82 Å². The minimum absolute atomic E-state index is 0.260. The first-order valence-electron chi connectivity index (χ1n) is 5.36. The number of nitrogens with one attached hydrogen (secondary N) is 1. The minimum atomic E-state index is -0.910. The number of aryl methyl sites for hydroxylation is 1. The van der Waals surface area contributed by atoms with Gasteiger partial charge in [0.05, 0.1) is 0 Å². The first-order valence-corrected chi connectivity index (χ1v) is 6.16. The number of amides is 1. The number of carbonyl (C=O) groups is 1. The van der Waals surface area contributed by atoms with Crippen molar-refractivity contribution in [2.45, 2.75) is 6.92 Å². The number of anilines is 1. The molecule has 0 aliphatic heterocycles. The molecule has 0 saturated heterocycles. The van der Waals surface area contributed by atoms with Gasteiger partial charge in [0.25, 0.3) is 5.91 Å². The highest BCUT2D eigenvalue weighted by atomic mass is 79.9. The number of carbonyl (C=O) groups excluding carboxylic acids is 1. The molecule has 0 fully saturated rings. The molecule has 0 saturated carbocycles. The van der Waals surface area contributed by atoms with Crippen molar-refractivity contribution in [3.63, 3.8) is 0 Å². The summed E-state index contributed by atoms with van der Waals surface area (Å²) in [7, 11) is 0. The van der Waals surface area contributed by atoms with Crippen LogP contribution in [0, 0.1) is 18.6 Å². The number of hydrogen-bond acceptors (Lipinski definition) is 2. The van der Waals surface area contributed by atoms with Crippen molar-refractivity contribution in [1.29, 1.82) is 0 Å². The monoisotopic (exact) mass is 326 g/mol. The van der Waals surface area contributed by atoms with Gasteiger partial charge in [0.1, 0.15) is 23.0 Å². The molecule has 0 spiro atoms. The van der Waals surface area contributed by atoms with E-state index in [4.69, 9.17) is 0 Å². The Kier molecular flexibility index (Phi) is 3.90. The Labute approximate surface area is 116 Å². The normalized spacial score (nSPS) is 10.3. The van der Waals surface area contributed by atoms with Crippen molar-refractivity contribution in [3.8, 4) is 0 Å². The SMILES string of the molecule is Cc1cc(Br)cnc1NC(=O)c1c(F)cccc1F. The Hall–Kier alpha value is -1.82. The number of hydrogen-bond donors (Lipinski definition) is 1. The van der Waals surface area contributed by atoms with Crippen molar-refractivity contribution in [2.24, 2.45) is 0 Å². The molecule has 1 amide bonds. The minimum Gasteiger partial charge on any atom is -0.306 e. The standard InChI is InChI=1S/C13H9BrF2N2O/c1-7-5-8(14)6-17-12(7)18-13(19)11-9(15)3-2-4-10(11)16/h2-6H,1H3,(H,17,18,19). The molecule has 0 aliphatic carbocycles. The fraction of sp³-hybridized carbons (Fsp3) is 0.0769. The average molecular weight is 327 g/mol. The van der Waals surface area contributed by atoms with E-state index >= 15 is 0 Å². The molecule has 0 bridgehead atoms. The van der Waals surface area contributed by atoms with Crippen LogP contribution in [0.15, 0.2) is 34.9 Å². The van der Waals surface area contributed by atoms with Gasteiger partial charge in [-0.3, -0.25) is 4.79 Å². The maximum Gasteiger partial charge on any atom is 0.262 e. The van der Waals surface area contributed by atoms with Crippen LogP contribution in [-0.4, -0.2) is 10.9 Å². The predicted octanol–water partition coefficient (Wildman–Crippen LogP) is 3.68. The quantitative estimate of drug-likeness (QED) is 0.914. The zero-order chi connectivity index (χ0) is 14.0. The topological polar surface area (TPSA) is 42.0 Å². The zero-order valence-electron chi connectivity index (χ0n) is 9.88. The van der Waals surface area contributed by atoms with Gasteiger partial charge in [-0.05, 0) is 46.6 Å². The molecule has 0 unspecified atom stereocenters. The van der Waals surface area contributed by atoms with E-state index in [1.54, 1.807) is 13.0 Å². The van der Waals surface area contributed by atoms with Gasteiger partial charge in [-0.25, -0.2) is 13.8 Å². The van der Waals surface area contributed by atoms with E-state index in [0.717, 1.165) is 16.6 Å². The Morgan fingerprint density at radius 3 is 2.53 bits per heavy atom. The lowest BCUT2D eigenvalue weighted by atomic mass is 10.2. The Morgan fingerprint density at radius 1 is 1.32 bits per heavy atom. The number of aromatic nitrogens is 1. The largest absolute Gasteiger partial charge is 0.306 e. The maximum atomic E-state index is 13.4. The van der Waals surface area contributed by atoms with Crippen molar-refractivity contribution in [1.82, 2.24) is 4.98 Å². The summed E-state index contributed by atoms with van der Waals surface area (Å²) in [6.45, 7) is 1.73. The van der Waals surface area contributed by atoms with E-state index in [0.29, 0.717) is 5.56 Å². The summed E-state index contributed by atoms with van der Waals surface area (Å²) in [5.74, 6) is -2.43. The van der Waals surface area contributed by atoms with Crippen LogP contribution in [0.1, 0.15) is 15.9 Å². The Morgan fingerprint density at radius 2 is 1.95 bits per heavy atom. The van der Waals surface area contributed by atoms with E-state index in [2.05, 4.69) is 26.2 Å². The van der Waals surface area contributed by atoms with Crippen LogP contribution in [-0.2, 0) is 0 Å². The Bertz CT molecular complexity index is 626. The molecule has 1 N–H and O–H groups in total. The second-order valence-corrected chi connectivity index (χ2v) is 4.79. The number of halogens is 3. The van der Waals surface area contributed by atoms with Gasteiger partial charge < -0.3 is 5.32 Å². The summed E-state index contributed by atoms with van der Waals surface area (Å²) in [6, 6.07) is 4.99. The highest BCUT2D eigenvalue weighted by Gasteiger charge is 2.18. The molecule has 2 rings (SSSR count). The molecule has 0 atom stereocenters. The summed E-state index contributed by atoms with van der Waals surface area (Å²) < 4.78 is 27.6. The molecule has 0 radical (unpaired) electrons. The van der Waals surface area contributed by atoms with E-state index in [1.807, 2.05) is 0 Å². The zero-order valence-corrected chi connectivity index (χ0v) is 11.5. The molecule has 3 nitrogen and oxygen atoms in total. The fourth-order valence-corrected chi connectivity index (χ4v) is 2.00. The first kappa shape index (κ1) is 13.6. The number of nitrogens with zero attached hydrogens (tertiary/aromatic N) is 1. The Balaban J connectivity index is 2.31. The highest BCUT2D eigenvalue weighted by molar-refractivity contribution is 9.10. The number of benzene rings is 1. The third kappa shape index (κ3) is 2.96. The summed E-state index contributed by atoms with van der Waals surface area (Å²) in [5.41, 5.74) is 0.0612. The van der Waals surface area contributed by atoms with Gasteiger partial charge in [-0.15, -0.1) is 0 Å². The third-order valence-electron chi connectivity index (χ3n) is 2.47. The van der Waals surface area contributed by atoms with Crippen LogP contribution in [0.2, 0.25) is 0 Å². The maximum absolute atomic E-state index is 13.4. The smallest absolute Gasteiger partial charge is 0.262 e. The third-order valence-corrected chi connectivity index (χ3v) is 2.90. The van der Waals surface area contributed by atoms with E-state index in [1.165, 1.54) is 12.3 Å². The van der Waals surface area contributed by atoms with Gasteiger partial charge >= 0.3 is 0 Å². The van der Waals surface area contributed by atoms with Gasteiger partial charge in [0, 0.05) is 10.7 Å². The van der Waals surface area contributed by atoms with Gasteiger partial charge in [0.2, 0.25) is 0 Å². The summed E-state index contributed by atoms with van der Waals surface area (Å²) in [4.78, 5) is 15.8. The molecule has 98 valence electrons. The molecule has 1 heterocycles. The summed E-state index contributed by atoms with van der Waals surface area (Å²) >= 11 is 3.24. The lowest BCUT2D eigenvalue weighted by molar-refractivity contribution is 0.101. The average Bonchev–Trinajstić information content (AvgIpc) is 2.32. The first-order chi connectivity index (χ1) is 8.99. The highest BCUT2D eigenvalue weighted by Crippen LogP contribution is 2.19. The van der Waals surface area contributed by atoms with E-state index in [9.17, 15) is 13.6 Å². The van der Waals surface area contributed by atoms with Crippen LogP contribution in [0.4, 0.5) is 14.6 Å². The molecular weight excluding hydrogens is 318 g/mol. The van der Waals surface area contributed by atoms with Crippen LogP contribution >= 0.6 is 15.9 Å². The summed E-state index contributed by atoms with van der Waals surface area (Å²) in [6.07, 6.45) is 1.49. The van der Waals surface area contributed by atoms with Crippen LogP contribution in [0.5, 0.6) is 0 Å². The molecule has 6 heteroatoms. The van der Waals surface area contributed by atoms with Gasteiger partial charge in [-0.2, -0.15) is 0 Å². The van der Waals surface area contributed by atoms with Crippen LogP contribution in [0.25, 0.3) is 0 Å². The number of pyridine rings is 1. The van der Waals surface area contributed by atoms with Crippen molar-refractivity contribution < 1.29 is 13.6 Å². The molecule has 19 heavy (non-hydrogen) atoms. The van der Waals surface area contributed by atoms with Gasteiger partial charge in [-0.1, -0.05) is 6.07 Å². The van der Waals surface area contributed by atoms with Gasteiger partial charge in [0.15, 0.2) is 0 Å². The molecule has 2 aromatic rings.